The van der Waals surface area contributed by atoms with Gasteiger partial charge in [0, 0.05) is 7.05 Å². The molecule has 0 aromatic carbocycles. The van der Waals surface area contributed by atoms with Gasteiger partial charge in [-0.3, -0.25) is 9.40 Å². The minimum Gasteiger partial charge on any atom is -0.481 e. The first kappa shape index (κ1) is 24.3. The molecule has 170 valence electrons. The molecule has 31 heavy (non-hydrogen) atoms. The number of sulfonamides is 1. The number of aromatic nitrogens is 4. The van der Waals surface area contributed by atoms with Gasteiger partial charge in [-0.1, -0.05) is 13.3 Å². The number of rotatable bonds is 9. The van der Waals surface area contributed by atoms with E-state index in [2.05, 4.69) is 25.1 Å². The smallest absolute Gasteiger partial charge is 0.343 e. The standard InChI is InChI=1S/C17H24N6O6S2/c1-6-7-8-29-15(24)13-10(2)21-23(3)14(13)31(25,26)22-17(30)20-16-18-11(27-4)9-12(19-16)28-5/h9H,6-8H2,1-5H3,(H2,18,19,20,22,30). The summed E-state index contributed by atoms with van der Waals surface area (Å²) in [7, 11) is -0.0971. The molecule has 2 aromatic rings. The fourth-order valence-electron chi connectivity index (χ4n) is 2.53. The monoisotopic (exact) mass is 472 g/mol. The zero-order valence-corrected chi connectivity index (χ0v) is 19.4. The third-order valence-corrected chi connectivity index (χ3v) is 5.69. The first-order valence-corrected chi connectivity index (χ1v) is 11.0. The average Bonchev–Trinajstić information content (AvgIpc) is 3.01. The summed E-state index contributed by atoms with van der Waals surface area (Å²) >= 11 is 5.08. The van der Waals surface area contributed by atoms with Gasteiger partial charge in [0.15, 0.2) is 10.1 Å². The number of nitrogens with one attached hydrogen (secondary N) is 2. The molecule has 14 heteroatoms. The van der Waals surface area contributed by atoms with Gasteiger partial charge in [-0.25, -0.2) is 4.79 Å². The van der Waals surface area contributed by atoms with Gasteiger partial charge in [0.2, 0.25) is 17.7 Å². The third-order valence-electron chi connectivity index (χ3n) is 3.91. The summed E-state index contributed by atoms with van der Waals surface area (Å²) in [5, 5.41) is 5.88. The van der Waals surface area contributed by atoms with E-state index >= 15 is 0 Å². The molecule has 2 heterocycles. The highest BCUT2D eigenvalue weighted by Gasteiger charge is 2.31. The molecule has 2 aromatic heterocycles. The van der Waals surface area contributed by atoms with E-state index in [4.69, 9.17) is 26.4 Å². The van der Waals surface area contributed by atoms with Crippen molar-refractivity contribution in [3.63, 3.8) is 0 Å². The highest BCUT2D eigenvalue weighted by molar-refractivity contribution is 7.92. The normalized spacial score (nSPS) is 11.0. The van der Waals surface area contributed by atoms with Gasteiger partial charge in [0.25, 0.3) is 10.0 Å². The average molecular weight is 473 g/mol. The summed E-state index contributed by atoms with van der Waals surface area (Å²) < 4.78 is 44.4. The first-order valence-electron chi connectivity index (χ1n) is 9.14. The fourth-order valence-corrected chi connectivity index (χ4v) is 4.23. The molecule has 0 amide bonds. The summed E-state index contributed by atoms with van der Waals surface area (Å²) in [4.78, 5) is 20.5. The van der Waals surface area contributed by atoms with Crippen LogP contribution in [0.1, 0.15) is 35.8 Å². The molecule has 2 rings (SSSR count). The predicted molar refractivity (Wildman–Crippen MR) is 115 cm³/mol. The summed E-state index contributed by atoms with van der Waals surface area (Å²) in [6.45, 7) is 3.63. The second-order valence-corrected chi connectivity index (χ2v) is 8.22. The molecule has 0 aliphatic heterocycles. The minimum absolute atomic E-state index is 0.0516. The Kier molecular flexibility index (Phi) is 8.10. The lowest BCUT2D eigenvalue weighted by atomic mass is 10.3. The number of aryl methyl sites for hydroxylation is 2. The Morgan fingerprint density at radius 2 is 1.84 bits per heavy atom. The highest BCUT2D eigenvalue weighted by Crippen LogP contribution is 2.21. The maximum absolute atomic E-state index is 13.0. The largest absolute Gasteiger partial charge is 0.481 e. The van der Waals surface area contributed by atoms with E-state index in [1.54, 1.807) is 0 Å². The SMILES string of the molecule is CCCCOC(=O)c1c(C)nn(C)c1S(=O)(=O)NC(=S)Nc1nc(OC)cc(OC)n1. The van der Waals surface area contributed by atoms with E-state index in [1.807, 2.05) is 6.92 Å². The zero-order chi connectivity index (χ0) is 23.2. The molecule has 0 fully saturated rings. The van der Waals surface area contributed by atoms with Crippen molar-refractivity contribution in [2.24, 2.45) is 7.05 Å². The van der Waals surface area contributed by atoms with Gasteiger partial charge in [-0.05, 0) is 25.6 Å². The summed E-state index contributed by atoms with van der Waals surface area (Å²) in [5.74, 6) is -0.470. The molecule has 12 nitrogen and oxygen atoms in total. The number of esters is 1. The maximum atomic E-state index is 13.0. The van der Waals surface area contributed by atoms with Crippen LogP contribution in [0.3, 0.4) is 0 Å². The van der Waals surface area contributed by atoms with E-state index in [9.17, 15) is 13.2 Å². The van der Waals surface area contributed by atoms with Crippen molar-refractivity contribution in [1.29, 1.82) is 0 Å². The van der Waals surface area contributed by atoms with Crippen LogP contribution in [0, 0.1) is 6.92 Å². The third kappa shape index (κ3) is 6.01. The number of ether oxygens (including phenoxy) is 3. The van der Waals surface area contributed by atoms with Crippen molar-refractivity contribution >= 4 is 39.3 Å². The van der Waals surface area contributed by atoms with Crippen LogP contribution in [-0.4, -0.2) is 60.1 Å². The summed E-state index contributed by atoms with van der Waals surface area (Å²) in [6, 6.07) is 1.44. The zero-order valence-electron chi connectivity index (χ0n) is 17.8. The van der Waals surface area contributed by atoms with Gasteiger partial charge in [-0.15, -0.1) is 0 Å². The van der Waals surface area contributed by atoms with Crippen molar-refractivity contribution in [2.75, 3.05) is 26.1 Å². The molecule has 2 N–H and O–H groups in total. The van der Waals surface area contributed by atoms with Crippen LogP contribution in [0.5, 0.6) is 11.8 Å². The van der Waals surface area contributed by atoms with E-state index in [0.29, 0.717) is 6.42 Å². The van der Waals surface area contributed by atoms with E-state index in [-0.39, 0.29) is 45.7 Å². The first-order chi connectivity index (χ1) is 14.6. The molecule has 0 unspecified atom stereocenters. The Hall–Kier alpha value is -3.00. The van der Waals surface area contributed by atoms with Crippen LogP contribution in [0.4, 0.5) is 5.95 Å². The number of hydrogen-bond donors (Lipinski definition) is 2. The quantitative estimate of drug-likeness (QED) is 0.308. The van der Waals surface area contributed by atoms with Gasteiger partial charge in [0.05, 0.1) is 32.6 Å². The lowest BCUT2D eigenvalue weighted by Crippen LogP contribution is -2.36. The molecule has 0 saturated carbocycles. The molecule has 0 aliphatic carbocycles. The van der Waals surface area contributed by atoms with Crippen LogP contribution in [0.25, 0.3) is 0 Å². The van der Waals surface area contributed by atoms with Crippen LogP contribution < -0.4 is 19.5 Å². The molecular weight excluding hydrogens is 448 g/mol. The Morgan fingerprint density at radius 3 is 2.39 bits per heavy atom. The van der Waals surface area contributed by atoms with Crippen molar-refractivity contribution in [1.82, 2.24) is 24.5 Å². The molecule has 0 aliphatic rings. The van der Waals surface area contributed by atoms with Crippen molar-refractivity contribution < 1.29 is 27.4 Å². The molecule has 0 spiro atoms. The van der Waals surface area contributed by atoms with Gasteiger partial charge in [0.1, 0.15) is 5.56 Å². The van der Waals surface area contributed by atoms with E-state index in [1.165, 1.54) is 34.3 Å². The number of hydrogen-bond acceptors (Lipinski definition) is 10. The fraction of sp³-hybridized carbons (Fsp3) is 0.471. The maximum Gasteiger partial charge on any atom is 0.343 e. The van der Waals surface area contributed by atoms with Crippen molar-refractivity contribution in [2.45, 2.75) is 31.7 Å². The number of anilines is 1. The number of methoxy groups -OCH3 is 2. The number of unbranched alkanes of at least 4 members (excludes halogenated alkanes) is 1. The Morgan fingerprint density at radius 1 is 1.23 bits per heavy atom. The summed E-state index contributed by atoms with van der Waals surface area (Å²) in [6.07, 6.45) is 1.48. The molecule has 0 saturated heterocycles. The second-order valence-electron chi connectivity index (χ2n) is 6.21. The lowest BCUT2D eigenvalue weighted by molar-refractivity contribution is 0.0494. The lowest BCUT2D eigenvalue weighted by Gasteiger charge is -2.12. The molecular formula is C17H24N6O6S2. The van der Waals surface area contributed by atoms with Crippen LogP contribution >= 0.6 is 12.2 Å². The Bertz CT molecular complexity index is 1050. The summed E-state index contributed by atoms with van der Waals surface area (Å²) in [5.41, 5.74) is 0.0531. The van der Waals surface area contributed by atoms with Crippen LogP contribution in [0.15, 0.2) is 11.1 Å². The van der Waals surface area contributed by atoms with Gasteiger partial charge < -0.3 is 19.5 Å². The molecule has 0 radical (unpaired) electrons. The Balaban J connectivity index is 2.26. The number of thiocarbonyl (C=S) groups is 1. The second kappa shape index (κ2) is 10.3. The topological polar surface area (TPSA) is 147 Å². The van der Waals surface area contributed by atoms with E-state index in [0.717, 1.165) is 11.1 Å². The molecule has 0 atom stereocenters. The number of carbonyl (C=O) groups is 1. The van der Waals surface area contributed by atoms with Crippen molar-refractivity contribution in [3.8, 4) is 11.8 Å². The predicted octanol–water partition coefficient (Wildman–Crippen LogP) is 1.17. The van der Waals surface area contributed by atoms with E-state index < -0.39 is 16.0 Å². The van der Waals surface area contributed by atoms with Gasteiger partial charge >= 0.3 is 5.97 Å². The van der Waals surface area contributed by atoms with Crippen molar-refractivity contribution in [3.05, 3.63) is 17.3 Å². The van der Waals surface area contributed by atoms with Gasteiger partial charge in [-0.2, -0.15) is 23.5 Å². The number of carbonyl (C=O) groups excluding carboxylic acids is 1. The number of nitrogens with zero attached hydrogens (tertiary/aromatic N) is 4. The Labute approximate surface area is 185 Å². The van der Waals surface area contributed by atoms with Crippen LogP contribution in [0.2, 0.25) is 0 Å². The minimum atomic E-state index is -4.30. The highest BCUT2D eigenvalue weighted by atomic mass is 32.2. The molecule has 0 bridgehead atoms. The van der Waals surface area contributed by atoms with Crippen LogP contribution in [-0.2, 0) is 21.8 Å².